The van der Waals surface area contributed by atoms with Crippen molar-refractivity contribution in [3.63, 3.8) is 0 Å². The molecule has 21 heavy (non-hydrogen) atoms. The first-order valence-electron chi connectivity index (χ1n) is 6.71. The Morgan fingerprint density at radius 2 is 2.05 bits per heavy atom. The highest BCUT2D eigenvalue weighted by Crippen LogP contribution is 2.31. The van der Waals surface area contributed by atoms with Crippen LogP contribution in [-0.2, 0) is 6.42 Å². The van der Waals surface area contributed by atoms with Crippen molar-refractivity contribution >= 4 is 51.5 Å². The first kappa shape index (κ1) is 14.7. The van der Waals surface area contributed by atoms with E-state index in [9.17, 15) is 4.79 Å². The summed E-state index contributed by atoms with van der Waals surface area (Å²) in [6.45, 7) is 0.707. The van der Waals surface area contributed by atoms with E-state index in [4.69, 9.17) is 17.3 Å². The predicted octanol–water partition coefficient (Wildman–Crippen LogP) is 4.12. The summed E-state index contributed by atoms with van der Waals surface area (Å²) >= 11 is 8.27. The number of carbonyl (C=O) groups excluding carboxylic acids is 1. The predicted molar refractivity (Wildman–Crippen MR) is 95.0 cm³/mol. The van der Waals surface area contributed by atoms with Gasteiger partial charge in [0.15, 0.2) is 0 Å². The summed E-state index contributed by atoms with van der Waals surface area (Å²) in [7, 11) is 0. The molecule has 0 atom stereocenters. The van der Waals surface area contributed by atoms with Crippen LogP contribution in [0.2, 0.25) is 5.02 Å². The molecule has 0 aliphatic carbocycles. The molecule has 1 amide bonds. The summed E-state index contributed by atoms with van der Waals surface area (Å²) in [6, 6.07) is 11.2. The lowest BCUT2D eigenvalue weighted by Crippen LogP contribution is -2.35. The highest BCUT2D eigenvalue weighted by atomic mass is 127. The van der Waals surface area contributed by atoms with Crippen LogP contribution < -0.4 is 10.6 Å². The average molecular weight is 413 g/mol. The van der Waals surface area contributed by atoms with Gasteiger partial charge in [0.1, 0.15) is 0 Å². The summed E-state index contributed by atoms with van der Waals surface area (Å²) in [5.74, 6) is -0.0279. The Bertz CT molecular complexity index is 717. The van der Waals surface area contributed by atoms with E-state index < -0.39 is 0 Å². The molecule has 5 heteroatoms. The molecule has 0 saturated heterocycles. The lowest BCUT2D eigenvalue weighted by Gasteiger charge is -2.30. The Kier molecular flexibility index (Phi) is 4.08. The van der Waals surface area contributed by atoms with Crippen LogP contribution in [0.15, 0.2) is 36.4 Å². The highest BCUT2D eigenvalue weighted by Gasteiger charge is 2.24. The Labute approximate surface area is 142 Å². The van der Waals surface area contributed by atoms with Crippen LogP contribution in [0.1, 0.15) is 22.3 Å². The number of fused-ring (bicyclic) bond motifs is 1. The summed E-state index contributed by atoms with van der Waals surface area (Å²) in [5.41, 5.74) is 9.23. The van der Waals surface area contributed by atoms with Gasteiger partial charge in [-0.3, -0.25) is 4.79 Å². The first-order valence-corrected chi connectivity index (χ1v) is 8.17. The number of halogens is 2. The minimum atomic E-state index is -0.0279. The monoisotopic (exact) mass is 412 g/mol. The quantitative estimate of drug-likeness (QED) is 0.566. The maximum Gasteiger partial charge on any atom is 0.258 e. The first-order chi connectivity index (χ1) is 10.1. The molecule has 3 nitrogen and oxygen atoms in total. The summed E-state index contributed by atoms with van der Waals surface area (Å²) in [5, 5.41) is 0.603. The molecule has 1 heterocycles. The summed E-state index contributed by atoms with van der Waals surface area (Å²) in [6.07, 6.45) is 1.94. The van der Waals surface area contributed by atoms with Crippen LogP contribution in [0.4, 0.5) is 11.4 Å². The Morgan fingerprint density at radius 1 is 1.24 bits per heavy atom. The lowest BCUT2D eigenvalue weighted by molar-refractivity contribution is 0.0985. The van der Waals surface area contributed by atoms with Gasteiger partial charge in [-0.25, -0.2) is 0 Å². The van der Waals surface area contributed by atoms with E-state index >= 15 is 0 Å². The molecule has 2 aromatic carbocycles. The van der Waals surface area contributed by atoms with Crippen molar-refractivity contribution in [3.8, 4) is 0 Å². The van der Waals surface area contributed by atoms with Gasteiger partial charge >= 0.3 is 0 Å². The van der Waals surface area contributed by atoms with E-state index in [1.54, 1.807) is 11.0 Å². The smallest absolute Gasteiger partial charge is 0.258 e. The number of hydrogen-bond donors (Lipinski definition) is 1. The van der Waals surface area contributed by atoms with Crippen molar-refractivity contribution in [2.75, 3.05) is 17.2 Å². The highest BCUT2D eigenvalue weighted by molar-refractivity contribution is 14.1. The van der Waals surface area contributed by atoms with Crippen LogP contribution in [0.3, 0.4) is 0 Å². The van der Waals surface area contributed by atoms with Gasteiger partial charge < -0.3 is 10.6 Å². The van der Waals surface area contributed by atoms with Gasteiger partial charge in [0.25, 0.3) is 5.91 Å². The van der Waals surface area contributed by atoms with Crippen molar-refractivity contribution < 1.29 is 4.79 Å². The lowest BCUT2D eigenvalue weighted by atomic mass is 10.00. The molecule has 0 spiro atoms. The van der Waals surface area contributed by atoms with Crippen LogP contribution in [0.25, 0.3) is 0 Å². The van der Waals surface area contributed by atoms with Crippen LogP contribution in [0, 0.1) is 3.57 Å². The van der Waals surface area contributed by atoms with E-state index in [2.05, 4.69) is 22.6 Å². The third-order valence-electron chi connectivity index (χ3n) is 3.64. The third-order valence-corrected chi connectivity index (χ3v) is 5.21. The zero-order chi connectivity index (χ0) is 15.0. The second kappa shape index (κ2) is 5.85. The minimum Gasteiger partial charge on any atom is -0.399 e. The van der Waals surface area contributed by atoms with Crippen LogP contribution >= 0.6 is 34.2 Å². The second-order valence-electron chi connectivity index (χ2n) is 5.08. The number of nitrogens with zero attached hydrogens (tertiary/aromatic N) is 1. The fourth-order valence-corrected chi connectivity index (χ4v) is 3.10. The number of amides is 1. The van der Waals surface area contributed by atoms with E-state index in [1.807, 2.05) is 30.3 Å². The van der Waals surface area contributed by atoms with Crippen molar-refractivity contribution in [1.29, 1.82) is 0 Å². The molecule has 2 N–H and O–H groups in total. The van der Waals surface area contributed by atoms with Crippen molar-refractivity contribution in [2.24, 2.45) is 0 Å². The molecule has 0 fully saturated rings. The number of benzene rings is 2. The number of rotatable bonds is 1. The fourth-order valence-electron chi connectivity index (χ4n) is 2.59. The normalized spacial score (nSPS) is 13.9. The number of nitrogens with two attached hydrogens (primary N) is 1. The molecule has 0 unspecified atom stereocenters. The van der Waals surface area contributed by atoms with Crippen LogP contribution in [0.5, 0.6) is 0 Å². The van der Waals surface area contributed by atoms with Crippen molar-refractivity contribution in [2.45, 2.75) is 12.8 Å². The van der Waals surface area contributed by atoms with Gasteiger partial charge in [-0.2, -0.15) is 0 Å². The molecule has 1 aliphatic rings. The van der Waals surface area contributed by atoms with Gasteiger partial charge in [0.2, 0.25) is 0 Å². The number of anilines is 2. The molecule has 3 rings (SSSR count). The van der Waals surface area contributed by atoms with E-state index in [0.717, 1.165) is 22.1 Å². The van der Waals surface area contributed by atoms with Crippen molar-refractivity contribution in [1.82, 2.24) is 0 Å². The standard InChI is InChI=1S/C16H14ClIN2O/c17-13-8-11(4-6-14(13)18)16(21)20-7-1-2-10-3-5-12(19)9-15(10)20/h3-6,8-9H,1-2,7,19H2. The number of hydrogen-bond acceptors (Lipinski definition) is 2. The largest absolute Gasteiger partial charge is 0.399 e. The molecule has 0 aromatic heterocycles. The zero-order valence-electron chi connectivity index (χ0n) is 11.3. The zero-order valence-corrected chi connectivity index (χ0v) is 14.2. The summed E-state index contributed by atoms with van der Waals surface area (Å²) < 4.78 is 0.939. The van der Waals surface area contributed by atoms with Gasteiger partial charge in [0.05, 0.1) is 5.02 Å². The Balaban J connectivity index is 1.99. The molecule has 2 aromatic rings. The number of carbonyl (C=O) groups is 1. The second-order valence-corrected chi connectivity index (χ2v) is 6.65. The molecule has 1 aliphatic heterocycles. The number of nitrogen functional groups attached to an aromatic ring is 1. The average Bonchev–Trinajstić information content (AvgIpc) is 2.48. The molecule has 0 bridgehead atoms. The Morgan fingerprint density at radius 3 is 2.81 bits per heavy atom. The maximum atomic E-state index is 12.8. The van der Waals surface area contributed by atoms with Crippen LogP contribution in [-0.4, -0.2) is 12.5 Å². The van der Waals surface area contributed by atoms with E-state index in [1.165, 1.54) is 5.56 Å². The van der Waals surface area contributed by atoms with Gasteiger partial charge in [0, 0.05) is 27.1 Å². The molecular weight excluding hydrogens is 399 g/mol. The van der Waals surface area contributed by atoms with Crippen molar-refractivity contribution in [3.05, 3.63) is 56.1 Å². The SMILES string of the molecule is Nc1ccc2c(c1)N(C(=O)c1ccc(I)c(Cl)c1)CCC2. The molecular formula is C16H14ClIN2O. The van der Waals surface area contributed by atoms with E-state index in [0.29, 0.717) is 22.8 Å². The summed E-state index contributed by atoms with van der Waals surface area (Å²) in [4.78, 5) is 14.6. The van der Waals surface area contributed by atoms with Gasteiger partial charge in [-0.05, 0) is 71.3 Å². The molecule has 108 valence electrons. The molecule has 0 radical (unpaired) electrons. The minimum absolute atomic E-state index is 0.0279. The van der Waals surface area contributed by atoms with E-state index in [-0.39, 0.29) is 5.91 Å². The number of aryl methyl sites for hydroxylation is 1. The van der Waals surface area contributed by atoms with Gasteiger partial charge in [-0.1, -0.05) is 17.7 Å². The molecule has 0 saturated carbocycles. The fraction of sp³-hybridized carbons (Fsp3) is 0.188. The Hall–Kier alpha value is -1.27. The third kappa shape index (κ3) is 2.87. The van der Waals surface area contributed by atoms with Gasteiger partial charge in [-0.15, -0.1) is 0 Å². The maximum absolute atomic E-state index is 12.8. The topological polar surface area (TPSA) is 46.3 Å².